The number of hydrogen-bond donors (Lipinski definition) is 1. The van der Waals surface area contributed by atoms with Crippen molar-refractivity contribution in [3.05, 3.63) is 64.2 Å². The number of hydrogen-bond acceptors (Lipinski definition) is 4. The lowest BCUT2D eigenvalue weighted by molar-refractivity contribution is -0.139. The molecule has 0 heterocycles. The number of aryl methyl sites for hydroxylation is 1. The van der Waals surface area contributed by atoms with E-state index in [2.05, 4.69) is 5.32 Å². The van der Waals surface area contributed by atoms with E-state index in [1.807, 2.05) is 26.0 Å². The molecule has 0 aliphatic carbocycles. The molecule has 0 saturated carbocycles. The lowest BCUT2D eigenvalue weighted by Crippen LogP contribution is -2.51. The molecule has 0 aromatic heterocycles. The van der Waals surface area contributed by atoms with Crippen LogP contribution in [-0.2, 0) is 32.3 Å². The van der Waals surface area contributed by atoms with Gasteiger partial charge in [0.1, 0.15) is 12.6 Å². The minimum atomic E-state index is -4.75. The normalized spacial score (nSPS) is 12.7. The summed E-state index contributed by atoms with van der Waals surface area (Å²) >= 11 is 6.07. The number of halogens is 4. The van der Waals surface area contributed by atoms with Gasteiger partial charge in [-0.25, -0.2) is 8.42 Å². The van der Waals surface area contributed by atoms with E-state index in [1.165, 1.54) is 11.8 Å². The lowest BCUT2D eigenvalue weighted by atomic mass is 10.1. The molecule has 2 aromatic rings. The molecule has 0 saturated heterocycles. The fraction of sp³-hybridized carbons (Fsp3) is 0.417. The zero-order valence-electron chi connectivity index (χ0n) is 20.4. The Balaban J connectivity index is 2.50. The summed E-state index contributed by atoms with van der Waals surface area (Å²) in [5, 5.41) is 2.43. The summed E-state index contributed by atoms with van der Waals surface area (Å²) in [5.74, 6) is -1.22. The average Bonchev–Trinajstić information content (AvgIpc) is 2.79. The molecule has 2 amide bonds. The predicted molar refractivity (Wildman–Crippen MR) is 133 cm³/mol. The van der Waals surface area contributed by atoms with Crippen molar-refractivity contribution in [2.75, 3.05) is 23.7 Å². The van der Waals surface area contributed by atoms with E-state index >= 15 is 0 Å². The second kappa shape index (κ2) is 12.0. The fourth-order valence-corrected chi connectivity index (χ4v) is 4.55. The first-order valence-electron chi connectivity index (χ1n) is 11.1. The number of carbonyl (C=O) groups is 2. The van der Waals surface area contributed by atoms with Crippen LogP contribution >= 0.6 is 11.6 Å². The molecule has 0 aliphatic rings. The number of nitrogens with one attached hydrogen (secondary N) is 1. The largest absolute Gasteiger partial charge is 0.416 e. The van der Waals surface area contributed by atoms with Crippen molar-refractivity contribution in [3.63, 3.8) is 0 Å². The molecule has 0 radical (unpaired) electrons. The highest BCUT2D eigenvalue weighted by atomic mass is 35.5. The Bertz CT molecular complexity index is 1210. The molecule has 0 aliphatic heterocycles. The monoisotopic (exact) mass is 547 g/mol. The van der Waals surface area contributed by atoms with Gasteiger partial charge in [-0.05, 0) is 49.6 Å². The molecule has 7 nitrogen and oxygen atoms in total. The van der Waals surface area contributed by atoms with Crippen LogP contribution in [0.25, 0.3) is 0 Å². The maximum Gasteiger partial charge on any atom is 0.416 e. The molecule has 12 heteroatoms. The third kappa shape index (κ3) is 7.60. The average molecular weight is 548 g/mol. The summed E-state index contributed by atoms with van der Waals surface area (Å²) in [6, 6.07) is 8.41. The zero-order chi connectivity index (χ0) is 27.3. The van der Waals surface area contributed by atoms with Gasteiger partial charge in [-0.15, -0.1) is 0 Å². The molecule has 0 unspecified atom stereocenters. The van der Waals surface area contributed by atoms with Gasteiger partial charge in [-0.1, -0.05) is 42.8 Å². The molecule has 2 rings (SSSR count). The smallest absolute Gasteiger partial charge is 0.354 e. The van der Waals surface area contributed by atoms with Gasteiger partial charge >= 0.3 is 6.18 Å². The van der Waals surface area contributed by atoms with Crippen LogP contribution < -0.4 is 9.62 Å². The summed E-state index contributed by atoms with van der Waals surface area (Å²) in [4.78, 5) is 27.4. The number of amides is 2. The maximum absolute atomic E-state index is 13.5. The Morgan fingerprint density at radius 2 is 1.78 bits per heavy atom. The number of nitrogens with zero attached hydrogens (tertiary/aromatic N) is 2. The molecule has 36 heavy (non-hydrogen) atoms. The Hall–Kier alpha value is -2.79. The SMILES string of the molecule is CCCNC(=O)[C@H](C)N(Cc1ccccc1C)C(=O)CN(c1cc(C(F)(F)F)ccc1Cl)S(C)(=O)=O. The summed E-state index contributed by atoms with van der Waals surface area (Å²) in [6.45, 7) is 4.71. The van der Waals surface area contributed by atoms with Crippen molar-refractivity contribution in [1.82, 2.24) is 10.2 Å². The van der Waals surface area contributed by atoms with E-state index in [0.717, 1.165) is 29.5 Å². The quantitative estimate of drug-likeness (QED) is 0.478. The number of benzene rings is 2. The van der Waals surface area contributed by atoms with E-state index in [1.54, 1.807) is 12.1 Å². The highest BCUT2D eigenvalue weighted by Crippen LogP contribution is 2.36. The van der Waals surface area contributed by atoms with Crippen molar-refractivity contribution >= 4 is 39.1 Å². The minimum Gasteiger partial charge on any atom is -0.354 e. The van der Waals surface area contributed by atoms with Gasteiger partial charge < -0.3 is 10.2 Å². The predicted octanol–water partition coefficient (Wildman–Crippen LogP) is 4.38. The minimum absolute atomic E-state index is 0.0137. The third-order valence-electron chi connectivity index (χ3n) is 5.54. The molecule has 198 valence electrons. The van der Waals surface area contributed by atoms with Gasteiger partial charge in [0, 0.05) is 13.1 Å². The highest BCUT2D eigenvalue weighted by molar-refractivity contribution is 7.92. The summed E-state index contributed by atoms with van der Waals surface area (Å²) in [6.07, 6.45) is -3.32. The van der Waals surface area contributed by atoms with Gasteiger partial charge in [-0.3, -0.25) is 13.9 Å². The first-order chi connectivity index (χ1) is 16.7. The molecule has 1 N–H and O–H groups in total. The number of alkyl halides is 3. The zero-order valence-corrected chi connectivity index (χ0v) is 22.0. The number of sulfonamides is 1. The molecule has 0 spiro atoms. The lowest BCUT2D eigenvalue weighted by Gasteiger charge is -2.32. The van der Waals surface area contributed by atoms with E-state index < -0.39 is 51.9 Å². The molecule has 1 atom stereocenters. The summed E-state index contributed by atoms with van der Waals surface area (Å²) < 4.78 is 65.6. The van der Waals surface area contributed by atoms with Gasteiger partial charge in [0.25, 0.3) is 0 Å². The Kier molecular flexibility index (Phi) is 9.78. The van der Waals surface area contributed by atoms with Crippen molar-refractivity contribution in [1.29, 1.82) is 0 Å². The van der Waals surface area contributed by atoms with Crippen molar-refractivity contribution < 1.29 is 31.2 Å². The first-order valence-corrected chi connectivity index (χ1v) is 13.4. The van der Waals surface area contributed by atoms with Crippen LogP contribution in [0.4, 0.5) is 18.9 Å². The van der Waals surface area contributed by atoms with Crippen LogP contribution in [0, 0.1) is 6.92 Å². The molecule has 2 aromatic carbocycles. The second-order valence-electron chi connectivity index (χ2n) is 8.35. The van der Waals surface area contributed by atoms with Gasteiger partial charge in [0.15, 0.2) is 0 Å². The van der Waals surface area contributed by atoms with Crippen LogP contribution in [0.1, 0.15) is 37.0 Å². The molecular weight excluding hydrogens is 519 g/mol. The van der Waals surface area contributed by atoms with Crippen LogP contribution in [0.2, 0.25) is 5.02 Å². The van der Waals surface area contributed by atoms with E-state index in [9.17, 15) is 31.2 Å². The maximum atomic E-state index is 13.5. The van der Waals surface area contributed by atoms with Gasteiger partial charge in [-0.2, -0.15) is 13.2 Å². The van der Waals surface area contributed by atoms with Crippen LogP contribution in [0.15, 0.2) is 42.5 Å². The number of rotatable bonds is 10. The standard InChI is InChI=1S/C24H29ClF3N3O4S/c1-5-12-29-23(33)17(3)30(14-18-9-7-6-8-16(18)2)22(32)15-31(36(4,34)35)21-13-19(24(26,27)28)10-11-20(21)25/h6-11,13,17H,5,12,14-15H2,1-4H3,(H,29,33)/t17-/m0/s1. The Morgan fingerprint density at radius 1 is 1.14 bits per heavy atom. The van der Waals surface area contributed by atoms with E-state index in [0.29, 0.717) is 23.3 Å². The van der Waals surface area contributed by atoms with E-state index in [-0.39, 0.29) is 11.6 Å². The highest BCUT2D eigenvalue weighted by Gasteiger charge is 2.34. The topological polar surface area (TPSA) is 86.8 Å². The molecular formula is C24H29ClF3N3O4S. The second-order valence-corrected chi connectivity index (χ2v) is 10.7. The van der Waals surface area contributed by atoms with E-state index in [4.69, 9.17) is 11.6 Å². The van der Waals surface area contributed by atoms with Crippen molar-refractivity contribution in [2.45, 2.75) is 46.0 Å². The fourth-order valence-electron chi connectivity index (χ4n) is 3.42. The van der Waals surface area contributed by atoms with Crippen LogP contribution in [0.3, 0.4) is 0 Å². The third-order valence-corrected chi connectivity index (χ3v) is 6.99. The van der Waals surface area contributed by atoms with Crippen LogP contribution in [-0.4, -0.2) is 50.5 Å². The number of carbonyl (C=O) groups excluding carboxylic acids is 2. The number of anilines is 1. The Morgan fingerprint density at radius 3 is 2.33 bits per heavy atom. The molecule has 0 fully saturated rings. The van der Waals surface area contributed by atoms with Gasteiger partial charge in [0.2, 0.25) is 21.8 Å². The summed E-state index contributed by atoms with van der Waals surface area (Å²) in [5.41, 5.74) is -0.0327. The van der Waals surface area contributed by atoms with Gasteiger partial charge in [0.05, 0.1) is 22.5 Å². The first kappa shape index (κ1) is 29.4. The molecule has 0 bridgehead atoms. The Labute approximate surface area is 214 Å². The van der Waals surface area contributed by atoms with Crippen molar-refractivity contribution in [2.24, 2.45) is 0 Å². The van der Waals surface area contributed by atoms with Crippen LogP contribution in [0.5, 0.6) is 0 Å². The van der Waals surface area contributed by atoms with Crippen molar-refractivity contribution in [3.8, 4) is 0 Å². The summed E-state index contributed by atoms with van der Waals surface area (Å²) in [7, 11) is -4.24.